The summed E-state index contributed by atoms with van der Waals surface area (Å²) in [6.45, 7) is 6.26. The molecule has 0 aliphatic rings. The molecule has 0 aliphatic heterocycles. The average molecular weight is 272 g/mol. The number of furan rings is 1. The molecule has 0 bridgehead atoms. The Bertz CT molecular complexity index is 574. The molecule has 0 radical (unpaired) electrons. The number of ether oxygens (including phenoxy) is 1. The first-order valence-corrected chi connectivity index (χ1v) is 6.22. The minimum Gasteiger partial charge on any atom is -0.494 e. The predicted octanol–water partition coefficient (Wildman–Crippen LogP) is 2.58. The molecule has 0 saturated heterocycles. The van der Waals surface area contributed by atoms with Gasteiger partial charge in [0.2, 0.25) is 0 Å². The molecule has 2 aromatic rings. The number of carbonyl (C=O) groups is 1. The molecular weight excluding hydrogens is 256 g/mol. The summed E-state index contributed by atoms with van der Waals surface area (Å²) in [7, 11) is 0. The fourth-order valence-electron chi connectivity index (χ4n) is 1.59. The lowest BCUT2D eigenvalue weighted by Gasteiger charge is -2.09. The molecule has 5 nitrogen and oxygen atoms in total. The number of hydrogen-bond acceptors (Lipinski definition) is 4. The van der Waals surface area contributed by atoms with E-state index >= 15 is 0 Å². The van der Waals surface area contributed by atoms with E-state index in [0.29, 0.717) is 23.6 Å². The standard InChI is InChI=1S/C15H16N2O3/c1-3-19-13-8-6-12(7-9-13)15(18)17-16-11(2)14-5-4-10-20-14/h4-10,16H,2-3H2,1H3,(H,17,18). The highest BCUT2D eigenvalue weighted by atomic mass is 16.5. The summed E-state index contributed by atoms with van der Waals surface area (Å²) in [5, 5.41) is 0. The lowest BCUT2D eigenvalue weighted by molar-refractivity contribution is 0.0942. The van der Waals surface area contributed by atoms with Gasteiger partial charge in [0, 0.05) is 5.56 Å². The Balaban J connectivity index is 1.90. The number of benzene rings is 1. The van der Waals surface area contributed by atoms with Gasteiger partial charge in [0.1, 0.15) is 5.75 Å². The zero-order valence-electron chi connectivity index (χ0n) is 11.2. The van der Waals surface area contributed by atoms with E-state index in [9.17, 15) is 4.79 Å². The summed E-state index contributed by atoms with van der Waals surface area (Å²) in [6, 6.07) is 10.4. The van der Waals surface area contributed by atoms with Crippen molar-refractivity contribution in [2.75, 3.05) is 6.61 Å². The highest BCUT2D eigenvalue weighted by molar-refractivity contribution is 5.94. The van der Waals surface area contributed by atoms with E-state index < -0.39 is 0 Å². The van der Waals surface area contributed by atoms with Crippen LogP contribution in [0.3, 0.4) is 0 Å². The number of amides is 1. The third-order valence-electron chi connectivity index (χ3n) is 2.57. The van der Waals surface area contributed by atoms with Crippen molar-refractivity contribution in [2.45, 2.75) is 6.92 Å². The van der Waals surface area contributed by atoms with Crippen molar-refractivity contribution in [3.05, 3.63) is 60.6 Å². The van der Waals surface area contributed by atoms with Gasteiger partial charge < -0.3 is 9.15 Å². The zero-order valence-corrected chi connectivity index (χ0v) is 11.2. The van der Waals surface area contributed by atoms with Gasteiger partial charge in [0.25, 0.3) is 5.91 Å². The number of carbonyl (C=O) groups excluding carboxylic acids is 1. The molecule has 0 atom stereocenters. The zero-order chi connectivity index (χ0) is 14.4. The van der Waals surface area contributed by atoms with Gasteiger partial charge in [-0.3, -0.25) is 15.6 Å². The molecule has 0 spiro atoms. The predicted molar refractivity (Wildman–Crippen MR) is 76.0 cm³/mol. The number of nitrogens with one attached hydrogen (secondary N) is 2. The minimum atomic E-state index is -0.263. The van der Waals surface area contributed by atoms with Crippen LogP contribution in [0.2, 0.25) is 0 Å². The first-order chi connectivity index (χ1) is 9.70. The third-order valence-corrected chi connectivity index (χ3v) is 2.57. The van der Waals surface area contributed by atoms with E-state index in [4.69, 9.17) is 9.15 Å². The van der Waals surface area contributed by atoms with Crippen LogP contribution in [0, 0.1) is 0 Å². The monoisotopic (exact) mass is 272 g/mol. The van der Waals surface area contributed by atoms with Gasteiger partial charge >= 0.3 is 0 Å². The van der Waals surface area contributed by atoms with Crippen LogP contribution in [0.15, 0.2) is 53.7 Å². The summed E-state index contributed by atoms with van der Waals surface area (Å²) in [6.07, 6.45) is 1.54. The number of rotatable bonds is 6. The van der Waals surface area contributed by atoms with Crippen LogP contribution in [-0.4, -0.2) is 12.5 Å². The Kier molecular flexibility index (Phi) is 4.44. The molecular formula is C15H16N2O3. The van der Waals surface area contributed by atoms with Gasteiger partial charge in [-0.25, -0.2) is 0 Å². The Labute approximate surface area is 117 Å². The Hall–Kier alpha value is -2.69. The summed E-state index contributed by atoms with van der Waals surface area (Å²) in [5.41, 5.74) is 6.26. The summed E-state index contributed by atoms with van der Waals surface area (Å²) >= 11 is 0. The second-order valence-electron chi connectivity index (χ2n) is 3.99. The van der Waals surface area contributed by atoms with Crippen LogP contribution in [-0.2, 0) is 0 Å². The molecule has 1 aromatic carbocycles. The topological polar surface area (TPSA) is 63.5 Å². The Morgan fingerprint density at radius 3 is 2.60 bits per heavy atom. The van der Waals surface area contributed by atoms with Crippen molar-refractivity contribution < 1.29 is 13.9 Å². The van der Waals surface area contributed by atoms with Crippen LogP contribution in [0.5, 0.6) is 5.75 Å². The van der Waals surface area contributed by atoms with E-state index in [-0.39, 0.29) is 5.91 Å². The van der Waals surface area contributed by atoms with Gasteiger partial charge in [-0.1, -0.05) is 6.58 Å². The fourth-order valence-corrected chi connectivity index (χ4v) is 1.59. The van der Waals surface area contributed by atoms with Crippen LogP contribution in [0.1, 0.15) is 23.0 Å². The van der Waals surface area contributed by atoms with Crippen LogP contribution >= 0.6 is 0 Å². The largest absolute Gasteiger partial charge is 0.494 e. The van der Waals surface area contributed by atoms with Gasteiger partial charge in [0.05, 0.1) is 18.6 Å². The Morgan fingerprint density at radius 2 is 2.00 bits per heavy atom. The first-order valence-electron chi connectivity index (χ1n) is 6.22. The molecule has 0 aliphatic carbocycles. The molecule has 0 saturated carbocycles. The second kappa shape index (κ2) is 6.47. The van der Waals surface area contributed by atoms with Gasteiger partial charge in [-0.2, -0.15) is 0 Å². The van der Waals surface area contributed by atoms with E-state index in [1.54, 1.807) is 36.4 Å². The van der Waals surface area contributed by atoms with Crippen molar-refractivity contribution in [1.29, 1.82) is 0 Å². The van der Waals surface area contributed by atoms with Gasteiger partial charge in [-0.15, -0.1) is 0 Å². The third kappa shape index (κ3) is 3.41. The Morgan fingerprint density at radius 1 is 1.25 bits per heavy atom. The van der Waals surface area contributed by atoms with Gasteiger partial charge in [0.15, 0.2) is 5.76 Å². The summed E-state index contributed by atoms with van der Waals surface area (Å²) < 4.78 is 10.5. The second-order valence-corrected chi connectivity index (χ2v) is 3.99. The molecule has 1 aromatic heterocycles. The smallest absolute Gasteiger partial charge is 0.269 e. The van der Waals surface area contributed by atoms with E-state index in [0.717, 1.165) is 5.75 Å². The quantitative estimate of drug-likeness (QED) is 0.793. The molecule has 2 N–H and O–H groups in total. The maximum absolute atomic E-state index is 11.9. The van der Waals surface area contributed by atoms with Crippen LogP contribution < -0.4 is 15.6 Å². The summed E-state index contributed by atoms with van der Waals surface area (Å²) in [5.74, 6) is 1.04. The fraction of sp³-hybridized carbons (Fsp3) is 0.133. The molecule has 5 heteroatoms. The van der Waals surface area contributed by atoms with Crippen LogP contribution in [0.25, 0.3) is 5.70 Å². The lowest BCUT2D eigenvalue weighted by atomic mass is 10.2. The van der Waals surface area contributed by atoms with Crippen molar-refractivity contribution in [2.24, 2.45) is 0 Å². The maximum Gasteiger partial charge on any atom is 0.269 e. The van der Waals surface area contributed by atoms with E-state index in [1.807, 2.05) is 6.92 Å². The molecule has 20 heavy (non-hydrogen) atoms. The normalized spacial score (nSPS) is 9.85. The molecule has 0 fully saturated rings. The number of hydrazine groups is 1. The highest BCUT2D eigenvalue weighted by Crippen LogP contribution is 2.12. The lowest BCUT2D eigenvalue weighted by Crippen LogP contribution is -2.35. The molecule has 104 valence electrons. The van der Waals surface area contributed by atoms with E-state index in [1.165, 1.54) is 6.26 Å². The van der Waals surface area contributed by atoms with Crippen molar-refractivity contribution in [3.63, 3.8) is 0 Å². The van der Waals surface area contributed by atoms with E-state index in [2.05, 4.69) is 17.4 Å². The molecule has 1 amide bonds. The summed E-state index contributed by atoms with van der Waals surface area (Å²) in [4.78, 5) is 11.9. The molecule has 1 heterocycles. The number of hydrogen-bond donors (Lipinski definition) is 2. The van der Waals surface area contributed by atoms with Crippen LogP contribution in [0.4, 0.5) is 0 Å². The van der Waals surface area contributed by atoms with Crippen molar-refractivity contribution >= 4 is 11.6 Å². The highest BCUT2D eigenvalue weighted by Gasteiger charge is 2.07. The SMILES string of the molecule is C=C(NNC(=O)c1ccc(OCC)cc1)c1ccco1. The maximum atomic E-state index is 11.9. The van der Waals surface area contributed by atoms with Gasteiger partial charge in [-0.05, 0) is 43.3 Å². The van der Waals surface area contributed by atoms with Crippen molar-refractivity contribution in [1.82, 2.24) is 10.9 Å². The molecule has 2 rings (SSSR count). The average Bonchev–Trinajstić information content (AvgIpc) is 3.00. The minimum absolute atomic E-state index is 0.263. The molecule has 0 unspecified atom stereocenters. The van der Waals surface area contributed by atoms with Crippen molar-refractivity contribution in [3.8, 4) is 5.75 Å². The first kappa shape index (κ1) is 13.7.